The zero-order valence-corrected chi connectivity index (χ0v) is 11.8. The Morgan fingerprint density at radius 1 is 1.56 bits per heavy atom. The van der Waals surface area contributed by atoms with E-state index in [1.165, 1.54) is 0 Å². The highest BCUT2D eigenvalue weighted by Gasteiger charge is 2.29. The number of alkyl halides is 1. The first-order chi connectivity index (χ1) is 7.61. The van der Waals surface area contributed by atoms with Crippen molar-refractivity contribution < 1.29 is 9.53 Å². The lowest BCUT2D eigenvalue weighted by Crippen LogP contribution is -2.50. The molecule has 2 atom stereocenters. The van der Waals surface area contributed by atoms with Gasteiger partial charge >= 0.3 is 0 Å². The van der Waals surface area contributed by atoms with Crippen molar-refractivity contribution >= 4 is 21.8 Å². The van der Waals surface area contributed by atoms with Crippen molar-refractivity contribution in [3.05, 3.63) is 0 Å². The van der Waals surface area contributed by atoms with Crippen molar-refractivity contribution in [2.75, 3.05) is 11.9 Å². The molecule has 0 spiro atoms. The molecule has 94 valence electrons. The van der Waals surface area contributed by atoms with Crippen LogP contribution in [0.5, 0.6) is 0 Å². The Labute approximate surface area is 106 Å². The van der Waals surface area contributed by atoms with Gasteiger partial charge in [-0.05, 0) is 39.0 Å². The maximum Gasteiger partial charge on any atom is 0.249 e. The lowest BCUT2D eigenvalue weighted by atomic mass is 9.94. The van der Waals surface area contributed by atoms with Crippen molar-refractivity contribution in [1.82, 2.24) is 5.32 Å². The molecule has 1 aliphatic rings. The summed E-state index contributed by atoms with van der Waals surface area (Å²) in [6.07, 6.45) is 4.70. The third-order valence-electron chi connectivity index (χ3n) is 3.32. The Kier molecular flexibility index (Phi) is 5.76. The Hall–Kier alpha value is -0.0900. The van der Waals surface area contributed by atoms with Crippen molar-refractivity contribution in [2.45, 2.75) is 57.6 Å². The standard InChI is InChI=1S/C12H22BrNO2/c1-3-12(2,7-8-13)14-11(15)10-6-4-5-9-16-10/h10H,3-9H2,1-2H3,(H,14,15). The molecule has 16 heavy (non-hydrogen) atoms. The fraction of sp³-hybridized carbons (Fsp3) is 0.917. The predicted octanol–water partition coefficient (Wildman–Crippen LogP) is 2.63. The number of hydrogen-bond donors (Lipinski definition) is 1. The van der Waals surface area contributed by atoms with Gasteiger partial charge in [-0.3, -0.25) is 4.79 Å². The van der Waals surface area contributed by atoms with E-state index in [4.69, 9.17) is 4.74 Å². The number of halogens is 1. The van der Waals surface area contributed by atoms with Gasteiger partial charge in [0.2, 0.25) is 5.91 Å². The summed E-state index contributed by atoms with van der Waals surface area (Å²) in [7, 11) is 0. The monoisotopic (exact) mass is 291 g/mol. The van der Waals surface area contributed by atoms with Gasteiger partial charge in [0, 0.05) is 17.5 Å². The minimum Gasteiger partial charge on any atom is -0.368 e. The molecule has 0 aromatic carbocycles. The van der Waals surface area contributed by atoms with Crippen molar-refractivity contribution in [1.29, 1.82) is 0 Å². The van der Waals surface area contributed by atoms with Crippen molar-refractivity contribution in [3.8, 4) is 0 Å². The lowest BCUT2D eigenvalue weighted by molar-refractivity contribution is -0.137. The number of nitrogens with one attached hydrogen (secondary N) is 1. The number of carbonyl (C=O) groups is 1. The smallest absolute Gasteiger partial charge is 0.249 e. The molecule has 0 aromatic rings. The van der Waals surface area contributed by atoms with E-state index in [1.54, 1.807) is 0 Å². The van der Waals surface area contributed by atoms with E-state index in [0.29, 0.717) is 0 Å². The SMILES string of the molecule is CCC(C)(CCBr)NC(=O)C1CCCCO1. The van der Waals surface area contributed by atoms with E-state index in [0.717, 1.165) is 44.0 Å². The third kappa shape index (κ3) is 4.06. The molecule has 1 heterocycles. The summed E-state index contributed by atoms with van der Waals surface area (Å²) in [5, 5.41) is 4.03. The second-order valence-corrected chi connectivity index (χ2v) is 5.49. The van der Waals surface area contributed by atoms with E-state index < -0.39 is 0 Å². The highest BCUT2D eigenvalue weighted by molar-refractivity contribution is 9.09. The normalized spacial score (nSPS) is 24.8. The predicted molar refractivity (Wildman–Crippen MR) is 68.8 cm³/mol. The maximum absolute atomic E-state index is 12.0. The van der Waals surface area contributed by atoms with Crippen molar-refractivity contribution in [2.24, 2.45) is 0 Å². The highest BCUT2D eigenvalue weighted by atomic mass is 79.9. The molecule has 0 saturated carbocycles. The molecule has 0 aliphatic carbocycles. The van der Waals surface area contributed by atoms with Crippen LogP contribution in [0.15, 0.2) is 0 Å². The van der Waals surface area contributed by atoms with Crippen LogP contribution >= 0.6 is 15.9 Å². The summed E-state index contributed by atoms with van der Waals surface area (Å²) in [6, 6.07) is 0. The van der Waals surface area contributed by atoms with Gasteiger partial charge in [0.05, 0.1) is 0 Å². The average Bonchev–Trinajstić information content (AvgIpc) is 2.30. The van der Waals surface area contributed by atoms with Gasteiger partial charge in [-0.1, -0.05) is 22.9 Å². The van der Waals surface area contributed by atoms with Crippen LogP contribution in [0.1, 0.15) is 46.0 Å². The lowest BCUT2D eigenvalue weighted by Gasteiger charge is -2.32. The number of amides is 1. The number of rotatable bonds is 5. The summed E-state index contributed by atoms with van der Waals surface area (Å²) in [4.78, 5) is 12.0. The van der Waals surface area contributed by atoms with Gasteiger partial charge in [-0.2, -0.15) is 0 Å². The van der Waals surface area contributed by atoms with Crippen LogP contribution in [0.3, 0.4) is 0 Å². The molecular formula is C12H22BrNO2. The quantitative estimate of drug-likeness (QED) is 0.791. The number of ether oxygens (including phenoxy) is 1. The van der Waals surface area contributed by atoms with Crippen LogP contribution in [0.4, 0.5) is 0 Å². The molecule has 2 unspecified atom stereocenters. The van der Waals surface area contributed by atoms with E-state index in [9.17, 15) is 4.79 Å². The number of hydrogen-bond acceptors (Lipinski definition) is 2. The Balaban J connectivity index is 2.47. The Bertz CT molecular complexity index is 229. The van der Waals surface area contributed by atoms with Crippen LogP contribution in [-0.2, 0) is 9.53 Å². The van der Waals surface area contributed by atoms with Crippen LogP contribution in [0.25, 0.3) is 0 Å². The van der Waals surface area contributed by atoms with Gasteiger partial charge in [-0.15, -0.1) is 0 Å². The molecular weight excluding hydrogens is 270 g/mol. The second-order valence-electron chi connectivity index (χ2n) is 4.70. The Morgan fingerprint density at radius 2 is 2.31 bits per heavy atom. The summed E-state index contributed by atoms with van der Waals surface area (Å²) in [5.74, 6) is 0.0602. The summed E-state index contributed by atoms with van der Waals surface area (Å²) in [5.41, 5.74) is -0.110. The maximum atomic E-state index is 12.0. The van der Waals surface area contributed by atoms with E-state index in [-0.39, 0.29) is 17.6 Å². The fourth-order valence-electron chi connectivity index (χ4n) is 1.86. The van der Waals surface area contributed by atoms with Gasteiger partial charge in [-0.25, -0.2) is 0 Å². The van der Waals surface area contributed by atoms with E-state index in [2.05, 4.69) is 35.1 Å². The topological polar surface area (TPSA) is 38.3 Å². The zero-order chi connectivity index (χ0) is 12.0. The summed E-state index contributed by atoms with van der Waals surface area (Å²) in [6.45, 7) is 4.92. The first kappa shape index (κ1) is 14.0. The summed E-state index contributed by atoms with van der Waals surface area (Å²) < 4.78 is 5.48. The van der Waals surface area contributed by atoms with Crippen molar-refractivity contribution in [3.63, 3.8) is 0 Å². The van der Waals surface area contributed by atoms with Crippen LogP contribution in [0, 0.1) is 0 Å². The van der Waals surface area contributed by atoms with Gasteiger partial charge in [0.25, 0.3) is 0 Å². The average molecular weight is 292 g/mol. The molecule has 0 bridgehead atoms. The molecule has 3 nitrogen and oxygen atoms in total. The van der Waals surface area contributed by atoms with E-state index in [1.807, 2.05) is 0 Å². The minimum atomic E-state index is -0.227. The van der Waals surface area contributed by atoms with Crippen LogP contribution in [-0.4, -0.2) is 29.5 Å². The van der Waals surface area contributed by atoms with Crippen LogP contribution < -0.4 is 5.32 Å². The zero-order valence-electron chi connectivity index (χ0n) is 10.2. The van der Waals surface area contributed by atoms with E-state index >= 15 is 0 Å². The van der Waals surface area contributed by atoms with Crippen LogP contribution in [0.2, 0.25) is 0 Å². The Morgan fingerprint density at radius 3 is 2.81 bits per heavy atom. The molecule has 0 radical (unpaired) electrons. The third-order valence-corrected chi connectivity index (χ3v) is 3.72. The molecule has 1 rings (SSSR count). The van der Waals surface area contributed by atoms with Gasteiger partial charge in [0.1, 0.15) is 6.10 Å². The molecule has 1 fully saturated rings. The first-order valence-corrected chi connectivity index (χ1v) is 7.23. The van der Waals surface area contributed by atoms with Gasteiger partial charge in [0.15, 0.2) is 0 Å². The minimum absolute atomic E-state index is 0.0602. The molecule has 0 aromatic heterocycles. The molecule has 4 heteroatoms. The highest BCUT2D eigenvalue weighted by Crippen LogP contribution is 2.18. The molecule has 1 saturated heterocycles. The first-order valence-electron chi connectivity index (χ1n) is 6.11. The fourth-order valence-corrected chi connectivity index (χ4v) is 2.74. The largest absolute Gasteiger partial charge is 0.368 e. The second kappa shape index (κ2) is 6.60. The summed E-state index contributed by atoms with van der Waals surface area (Å²) >= 11 is 3.43. The molecule has 1 N–H and O–H groups in total. The number of carbonyl (C=O) groups excluding carboxylic acids is 1. The molecule has 1 aliphatic heterocycles. The molecule has 1 amide bonds. The van der Waals surface area contributed by atoms with Gasteiger partial charge < -0.3 is 10.1 Å².